The van der Waals surface area contributed by atoms with Crippen LogP contribution >= 0.6 is 27.5 Å². The molecule has 2 aromatic rings. The molecule has 2 rings (SSSR count). The van der Waals surface area contributed by atoms with Gasteiger partial charge in [0.25, 0.3) is 0 Å². The lowest BCUT2D eigenvalue weighted by Gasteiger charge is -2.07. The van der Waals surface area contributed by atoms with Crippen LogP contribution in [0.15, 0.2) is 46.9 Å². The fraction of sp³-hybridized carbons (Fsp3) is 0. The van der Waals surface area contributed by atoms with Crippen molar-refractivity contribution in [3.05, 3.63) is 52.0 Å². The van der Waals surface area contributed by atoms with Gasteiger partial charge in [-0.1, -0.05) is 41.9 Å². The number of phenolic OH excluding ortho intramolecular Hbond substituents is 1. The molecular weight excluding hydrogens is 275 g/mol. The normalized spacial score (nSPS) is 10.3. The standard InChI is InChI=1S/C12H8BrClO/c13-10-6-3-5-9(12(10)15)8-4-1-2-7-11(8)14/h1-7,15H. The smallest absolute Gasteiger partial charge is 0.137 e. The summed E-state index contributed by atoms with van der Waals surface area (Å²) >= 11 is 9.33. The van der Waals surface area contributed by atoms with Gasteiger partial charge in [0.1, 0.15) is 5.75 Å². The van der Waals surface area contributed by atoms with Crippen molar-refractivity contribution in [2.75, 3.05) is 0 Å². The van der Waals surface area contributed by atoms with Crippen molar-refractivity contribution in [3.63, 3.8) is 0 Å². The van der Waals surface area contributed by atoms with Crippen LogP contribution in [0.2, 0.25) is 5.02 Å². The minimum Gasteiger partial charge on any atom is -0.506 e. The summed E-state index contributed by atoms with van der Waals surface area (Å²) in [6.45, 7) is 0. The number of benzene rings is 2. The van der Waals surface area contributed by atoms with Gasteiger partial charge in [-0.3, -0.25) is 0 Å². The molecule has 1 N–H and O–H groups in total. The van der Waals surface area contributed by atoms with Crippen molar-refractivity contribution >= 4 is 27.5 Å². The van der Waals surface area contributed by atoms with Crippen LogP contribution in [-0.2, 0) is 0 Å². The van der Waals surface area contributed by atoms with Gasteiger partial charge in [-0.25, -0.2) is 0 Å². The number of halogens is 2. The molecule has 3 heteroatoms. The van der Waals surface area contributed by atoms with Crippen LogP contribution < -0.4 is 0 Å². The summed E-state index contributed by atoms with van der Waals surface area (Å²) in [6.07, 6.45) is 0. The third kappa shape index (κ3) is 2.01. The Morgan fingerprint density at radius 2 is 1.60 bits per heavy atom. The van der Waals surface area contributed by atoms with Crippen molar-refractivity contribution in [2.45, 2.75) is 0 Å². The molecule has 0 aliphatic carbocycles. The molecule has 0 atom stereocenters. The average Bonchev–Trinajstić information content (AvgIpc) is 2.23. The largest absolute Gasteiger partial charge is 0.506 e. The molecule has 1 nitrogen and oxygen atoms in total. The van der Waals surface area contributed by atoms with E-state index in [0.717, 1.165) is 11.1 Å². The van der Waals surface area contributed by atoms with Crippen molar-refractivity contribution in [1.29, 1.82) is 0 Å². The summed E-state index contributed by atoms with van der Waals surface area (Å²) in [5.41, 5.74) is 1.56. The molecular formula is C12H8BrClO. The SMILES string of the molecule is Oc1c(Br)cccc1-c1ccccc1Cl. The molecule has 0 saturated heterocycles. The van der Waals surface area contributed by atoms with Crippen molar-refractivity contribution in [1.82, 2.24) is 0 Å². The molecule has 0 unspecified atom stereocenters. The van der Waals surface area contributed by atoms with E-state index in [1.54, 1.807) is 12.1 Å². The minimum absolute atomic E-state index is 0.214. The molecule has 0 heterocycles. The lowest BCUT2D eigenvalue weighted by molar-refractivity contribution is 0.474. The van der Waals surface area contributed by atoms with E-state index in [0.29, 0.717) is 9.50 Å². The summed E-state index contributed by atoms with van der Waals surface area (Å²) in [6, 6.07) is 12.9. The molecule has 76 valence electrons. The van der Waals surface area contributed by atoms with Gasteiger partial charge in [-0.05, 0) is 28.1 Å². The third-order valence-electron chi connectivity index (χ3n) is 2.15. The van der Waals surface area contributed by atoms with Gasteiger partial charge in [-0.2, -0.15) is 0 Å². The maximum atomic E-state index is 9.87. The van der Waals surface area contributed by atoms with Gasteiger partial charge >= 0.3 is 0 Å². The highest BCUT2D eigenvalue weighted by molar-refractivity contribution is 9.10. The van der Waals surface area contributed by atoms with Crippen LogP contribution in [0.1, 0.15) is 0 Å². The maximum Gasteiger partial charge on any atom is 0.137 e. The highest BCUT2D eigenvalue weighted by atomic mass is 79.9. The van der Waals surface area contributed by atoms with E-state index < -0.39 is 0 Å². The van der Waals surface area contributed by atoms with E-state index >= 15 is 0 Å². The Hall–Kier alpha value is -0.990. The van der Waals surface area contributed by atoms with Gasteiger partial charge in [-0.15, -0.1) is 0 Å². The average molecular weight is 284 g/mol. The van der Waals surface area contributed by atoms with E-state index in [9.17, 15) is 5.11 Å². The van der Waals surface area contributed by atoms with Gasteiger partial charge in [0.2, 0.25) is 0 Å². The molecule has 0 bridgehead atoms. The topological polar surface area (TPSA) is 20.2 Å². The monoisotopic (exact) mass is 282 g/mol. The highest BCUT2D eigenvalue weighted by Gasteiger charge is 2.09. The Morgan fingerprint density at radius 1 is 0.933 bits per heavy atom. The van der Waals surface area contributed by atoms with Crippen molar-refractivity contribution in [2.24, 2.45) is 0 Å². The Balaban J connectivity index is 2.65. The molecule has 2 aromatic carbocycles. The van der Waals surface area contributed by atoms with Gasteiger partial charge in [0.05, 0.1) is 4.47 Å². The number of hydrogen-bond donors (Lipinski definition) is 1. The fourth-order valence-corrected chi connectivity index (χ4v) is 2.02. The third-order valence-corrected chi connectivity index (χ3v) is 3.12. The summed E-state index contributed by atoms with van der Waals surface area (Å²) in [5.74, 6) is 0.214. The molecule has 0 radical (unpaired) electrons. The molecule has 0 aliphatic rings. The number of rotatable bonds is 1. The number of para-hydroxylation sites is 1. The van der Waals surface area contributed by atoms with E-state index in [2.05, 4.69) is 15.9 Å². The summed E-state index contributed by atoms with van der Waals surface area (Å²) in [7, 11) is 0. The molecule has 0 aromatic heterocycles. The quantitative estimate of drug-likeness (QED) is 0.818. The van der Waals surface area contributed by atoms with Crippen LogP contribution in [0, 0.1) is 0 Å². The van der Waals surface area contributed by atoms with E-state index in [1.807, 2.05) is 30.3 Å². The molecule has 0 spiro atoms. The Bertz CT molecular complexity index is 497. The minimum atomic E-state index is 0.214. The van der Waals surface area contributed by atoms with E-state index in [1.165, 1.54) is 0 Å². The zero-order valence-corrected chi connectivity index (χ0v) is 10.1. The van der Waals surface area contributed by atoms with Crippen LogP contribution in [0.4, 0.5) is 0 Å². The molecule has 0 fully saturated rings. The lowest BCUT2D eigenvalue weighted by atomic mass is 10.0. The number of hydrogen-bond acceptors (Lipinski definition) is 1. The zero-order chi connectivity index (χ0) is 10.8. The maximum absolute atomic E-state index is 9.87. The highest BCUT2D eigenvalue weighted by Crippen LogP contribution is 2.38. The second kappa shape index (κ2) is 4.25. The lowest BCUT2D eigenvalue weighted by Crippen LogP contribution is -1.81. The van der Waals surface area contributed by atoms with Gasteiger partial charge in [0, 0.05) is 16.1 Å². The zero-order valence-electron chi connectivity index (χ0n) is 7.74. The fourth-order valence-electron chi connectivity index (χ4n) is 1.41. The number of phenols is 1. The summed E-state index contributed by atoms with van der Waals surface area (Å²) < 4.78 is 0.667. The second-order valence-electron chi connectivity index (χ2n) is 3.12. The van der Waals surface area contributed by atoms with E-state index in [4.69, 9.17) is 11.6 Å². The summed E-state index contributed by atoms with van der Waals surface area (Å²) in [4.78, 5) is 0. The first-order valence-corrected chi connectivity index (χ1v) is 5.59. The van der Waals surface area contributed by atoms with E-state index in [-0.39, 0.29) is 5.75 Å². The Labute approximate surface area is 101 Å². The second-order valence-corrected chi connectivity index (χ2v) is 4.38. The first-order chi connectivity index (χ1) is 7.20. The molecule has 0 aliphatic heterocycles. The summed E-state index contributed by atoms with van der Waals surface area (Å²) in [5, 5.41) is 10.5. The first-order valence-electron chi connectivity index (χ1n) is 4.42. The number of aromatic hydroxyl groups is 1. The van der Waals surface area contributed by atoms with Gasteiger partial charge < -0.3 is 5.11 Å². The Morgan fingerprint density at radius 3 is 2.33 bits per heavy atom. The molecule has 15 heavy (non-hydrogen) atoms. The van der Waals surface area contributed by atoms with Crippen molar-refractivity contribution in [3.8, 4) is 16.9 Å². The van der Waals surface area contributed by atoms with Crippen LogP contribution in [-0.4, -0.2) is 5.11 Å². The van der Waals surface area contributed by atoms with Crippen LogP contribution in [0.5, 0.6) is 5.75 Å². The van der Waals surface area contributed by atoms with Crippen molar-refractivity contribution < 1.29 is 5.11 Å². The van der Waals surface area contributed by atoms with Crippen LogP contribution in [0.25, 0.3) is 11.1 Å². The van der Waals surface area contributed by atoms with Gasteiger partial charge in [0.15, 0.2) is 0 Å². The molecule has 0 amide bonds. The Kier molecular flexibility index (Phi) is 2.98. The molecule has 0 saturated carbocycles. The first kappa shape index (κ1) is 10.5. The predicted molar refractivity (Wildman–Crippen MR) is 66.3 cm³/mol. The van der Waals surface area contributed by atoms with Crippen LogP contribution in [0.3, 0.4) is 0 Å². The predicted octanol–water partition coefficient (Wildman–Crippen LogP) is 4.48.